The number of hydrogen-bond donors (Lipinski definition) is 0. The van der Waals surface area contributed by atoms with E-state index in [0.717, 1.165) is 18.8 Å². The van der Waals surface area contributed by atoms with Crippen molar-refractivity contribution < 1.29 is 9.13 Å². The largest absolute Gasteiger partial charge is 0.380 e. The zero-order valence-corrected chi connectivity index (χ0v) is 7.01. The van der Waals surface area contributed by atoms with Crippen LogP contribution in [0.4, 0.5) is 4.39 Å². The van der Waals surface area contributed by atoms with Gasteiger partial charge in [-0.3, -0.25) is 0 Å². The van der Waals surface area contributed by atoms with E-state index in [4.69, 9.17) is 4.74 Å². The Hall–Kier alpha value is -0.890. The van der Waals surface area contributed by atoms with E-state index in [1.807, 2.05) is 13.0 Å². The lowest BCUT2D eigenvalue weighted by Gasteiger charge is -2.27. The average Bonchev–Trinajstić information content (AvgIpc) is 1.91. The molecule has 1 heterocycles. The van der Waals surface area contributed by atoms with Crippen LogP contribution in [0.15, 0.2) is 18.2 Å². The van der Waals surface area contributed by atoms with Gasteiger partial charge in [0, 0.05) is 5.92 Å². The fourth-order valence-corrected chi connectivity index (χ4v) is 1.51. The molecule has 0 atom stereocenters. The fraction of sp³-hybridized carbons (Fsp3) is 0.400. The van der Waals surface area contributed by atoms with Gasteiger partial charge >= 0.3 is 0 Å². The maximum Gasteiger partial charge on any atom is 0.123 e. The molecule has 1 nitrogen and oxygen atoms in total. The van der Waals surface area contributed by atoms with Gasteiger partial charge in [-0.15, -0.1) is 0 Å². The van der Waals surface area contributed by atoms with Crippen molar-refractivity contribution in [2.45, 2.75) is 12.8 Å². The molecular weight excluding hydrogens is 155 g/mol. The van der Waals surface area contributed by atoms with E-state index in [-0.39, 0.29) is 5.82 Å². The Morgan fingerprint density at radius 3 is 2.67 bits per heavy atom. The maximum atomic E-state index is 12.7. The van der Waals surface area contributed by atoms with E-state index < -0.39 is 0 Å². The molecule has 1 aromatic carbocycles. The van der Waals surface area contributed by atoms with Crippen LogP contribution in [0.1, 0.15) is 17.0 Å². The van der Waals surface area contributed by atoms with Crippen LogP contribution >= 0.6 is 0 Å². The molecule has 0 saturated carbocycles. The summed E-state index contributed by atoms with van der Waals surface area (Å²) >= 11 is 0. The summed E-state index contributed by atoms with van der Waals surface area (Å²) in [6.45, 7) is 3.51. The highest BCUT2D eigenvalue weighted by atomic mass is 19.1. The van der Waals surface area contributed by atoms with E-state index in [1.54, 1.807) is 6.07 Å². The first-order valence-corrected chi connectivity index (χ1v) is 4.11. The van der Waals surface area contributed by atoms with Gasteiger partial charge in [0.2, 0.25) is 0 Å². The third kappa shape index (κ3) is 1.23. The topological polar surface area (TPSA) is 9.23 Å². The lowest BCUT2D eigenvalue weighted by atomic mass is 9.93. The second-order valence-electron chi connectivity index (χ2n) is 3.24. The highest BCUT2D eigenvalue weighted by molar-refractivity contribution is 5.30. The van der Waals surface area contributed by atoms with Crippen LogP contribution in [-0.4, -0.2) is 13.2 Å². The summed E-state index contributed by atoms with van der Waals surface area (Å²) < 4.78 is 17.8. The first kappa shape index (κ1) is 7.74. The van der Waals surface area contributed by atoms with E-state index in [9.17, 15) is 4.39 Å². The van der Waals surface area contributed by atoms with Crippen LogP contribution in [0.2, 0.25) is 0 Å². The summed E-state index contributed by atoms with van der Waals surface area (Å²) in [5.41, 5.74) is 2.26. The molecule has 0 unspecified atom stereocenters. The number of aryl methyl sites for hydroxylation is 1. The van der Waals surface area contributed by atoms with Crippen molar-refractivity contribution in [3.8, 4) is 0 Å². The molecule has 0 N–H and O–H groups in total. The molecule has 12 heavy (non-hydrogen) atoms. The first-order chi connectivity index (χ1) is 5.77. The van der Waals surface area contributed by atoms with E-state index in [0.29, 0.717) is 5.92 Å². The Balaban J connectivity index is 2.31. The Kier molecular flexibility index (Phi) is 1.85. The van der Waals surface area contributed by atoms with Crippen molar-refractivity contribution in [1.82, 2.24) is 0 Å². The molecular formula is C10H11FO. The molecule has 1 aliphatic rings. The predicted octanol–water partition coefficient (Wildman–Crippen LogP) is 2.25. The van der Waals surface area contributed by atoms with Crippen LogP contribution in [0.3, 0.4) is 0 Å². The van der Waals surface area contributed by atoms with Crippen molar-refractivity contribution in [3.05, 3.63) is 35.1 Å². The second kappa shape index (κ2) is 2.87. The Morgan fingerprint density at radius 2 is 2.17 bits per heavy atom. The molecule has 0 aromatic heterocycles. The van der Waals surface area contributed by atoms with Gasteiger partial charge in [-0.05, 0) is 30.2 Å². The summed E-state index contributed by atoms with van der Waals surface area (Å²) in [7, 11) is 0. The highest BCUT2D eigenvalue weighted by Crippen LogP contribution is 2.26. The SMILES string of the molecule is Cc1cc(F)ccc1C1COC1. The highest BCUT2D eigenvalue weighted by Gasteiger charge is 2.21. The normalized spacial score (nSPS) is 17.5. The minimum Gasteiger partial charge on any atom is -0.380 e. The Bertz CT molecular complexity index is 292. The Morgan fingerprint density at radius 1 is 1.42 bits per heavy atom. The van der Waals surface area contributed by atoms with Crippen molar-refractivity contribution >= 4 is 0 Å². The fourth-order valence-electron chi connectivity index (χ4n) is 1.51. The molecule has 2 heteroatoms. The number of ether oxygens (including phenoxy) is 1. The van der Waals surface area contributed by atoms with E-state index >= 15 is 0 Å². The lowest BCUT2D eigenvalue weighted by molar-refractivity contribution is 0.00814. The molecule has 1 aromatic rings. The van der Waals surface area contributed by atoms with Gasteiger partial charge in [0.25, 0.3) is 0 Å². The third-order valence-corrected chi connectivity index (χ3v) is 2.31. The minimum atomic E-state index is -0.156. The van der Waals surface area contributed by atoms with Crippen molar-refractivity contribution in [1.29, 1.82) is 0 Å². The van der Waals surface area contributed by atoms with Gasteiger partial charge in [0.15, 0.2) is 0 Å². The molecule has 1 aliphatic heterocycles. The zero-order chi connectivity index (χ0) is 8.55. The number of benzene rings is 1. The van der Waals surface area contributed by atoms with Gasteiger partial charge in [-0.2, -0.15) is 0 Å². The predicted molar refractivity (Wildman–Crippen MR) is 44.7 cm³/mol. The van der Waals surface area contributed by atoms with Crippen LogP contribution in [-0.2, 0) is 4.74 Å². The van der Waals surface area contributed by atoms with E-state index in [2.05, 4.69) is 0 Å². The first-order valence-electron chi connectivity index (χ1n) is 4.11. The van der Waals surface area contributed by atoms with Crippen LogP contribution in [0.25, 0.3) is 0 Å². The number of hydrogen-bond acceptors (Lipinski definition) is 1. The molecule has 1 fully saturated rings. The number of halogens is 1. The molecule has 2 rings (SSSR count). The smallest absolute Gasteiger partial charge is 0.123 e. The third-order valence-electron chi connectivity index (χ3n) is 2.31. The van der Waals surface area contributed by atoms with Gasteiger partial charge in [0.1, 0.15) is 5.82 Å². The second-order valence-corrected chi connectivity index (χ2v) is 3.24. The molecule has 0 bridgehead atoms. The van der Waals surface area contributed by atoms with Crippen molar-refractivity contribution in [2.75, 3.05) is 13.2 Å². The molecule has 1 saturated heterocycles. The standard InChI is InChI=1S/C10H11FO/c1-7-4-9(11)2-3-10(7)8-5-12-6-8/h2-4,8H,5-6H2,1H3. The number of rotatable bonds is 1. The lowest BCUT2D eigenvalue weighted by Crippen LogP contribution is -2.25. The van der Waals surface area contributed by atoms with Gasteiger partial charge in [0.05, 0.1) is 13.2 Å². The van der Waals surface area contributed by atoms with Gasteiger partial charge in [-0.1, -0.05) is 6.07 Å². The quantitative estimate of drug-likeness (QED) is 0.621. The zero-order valence-electron chi connectivity index (χ0n) is 7.01. The summed E-state index contributed by atoms with van der Waals surface area (Å²) in [6.07, 6.45) is 0. The summed E-state index contributed by atoms with van der Waals surface area (Å²) in [5, 5.41) is 0. The van der Waals surface area contributed by atoms with Crippen LogP contribution < -0.4 is 0 Å². The summed E-state index contributed by atoms with van der Waals surface area (Å²) in [4.78, 5) is 0. The van der Waals surface area contributed by atoms with E-state index in [1.165, 1.54) is 11.6 Å². The molecule has 0 spiro atoms. The summed E-state index contributed by atoms with van der Waals surface area (Å²) in [5.74, 6) is 0.335. The Labute approximate surface area is 71.2 Å². The van der Waals surface area contributed by atoms with Gasteiger partial charge < -0.3 is 4.74 Å². The maximum absolute atomic E-state index is 12.7. The van der Waals surface area contributed by atoms with Crippen molar-refractivity contribution in [3.63, 3.8) is 0 Å². The minimum absolute atomic E-state index is 0.156. The van der Waals surface area contributed by atoms with Gasteiger partial charge in [-0.25, -0.2) is 4.39 Å². The monoisotopic (exact) mass is 166 g/mol. The molecule has 0 radical (unpaired) electrons. The average molecular weight is 166 g/mol. The molecule has 0 aliphatic carbocycles. The van der Waals surface area contributed by atoms with Crippen molar-refractivity contribution in [2.24, 2.45) is 0 Å². The molecule has 0 amide bonds. The van der Waals surface area contributed by atoms with Crippen LogP contribution in [0.5, 0.6) is 0 Å². The van der Waals surface area contributed by atoms with Crippen LogP contribution in [0, 0.1) is 12.7 Å². The summed E-state index contributed by atoms with van der Waals surface area (Å²) in [6, 6.07) is 4.95. The molecule has 64 valence electrons.